The monoisotopic (exact) mass is 803 g/mol. The predicted molar refractivity (Wildman–Crippen MR) is 263 cm³/mol. The highest BCUT2D eigenvalue weighted by Crippen LogP contribution is 2.41. The van der Waals surface area contributed by atoms with Crippen LogP contribution in [-0.4, -0.2) is 4.57 Å². The number of hydrogen-bond acceptors (Lipinski definition) is 2. The zero-order valence-corrected chi connectivity index (χ0v) is 34.1. The predicted octanol–water partition coefficient (Wildman–Crippen LogP) is 16.9. The molecule has 0 N–H and O–H groups in total. The molecule has 13 aromatic rings. The highest BCUT2D eigenvalue weighted by molar-refractivity contribution is 6.13. The molecule has 3 heteroatoms. The molecule has 0 spiro atoms. The summed E-state index contributed by atoms with van der Waals surface area (Å²) in [5.74, 6) is 0. The van der Waals surface area contributed by atoms with Gasteiger partial charge in [0.2, 0.25) is 0 Å². The SMILES string of the molecule is c1ccc(-c2cccc(-c3ccc4c(c3)c3cc(-c5ccc(-c6cccc7c6oc6ccccc67)cc5)ccc3n4-c3ccc(-c4cccc5c4oc4ccccc45)cc3)c2)cc1. The number of hydrogen-bond donors (Lipinski definition) is 0. The molecule has 0 aliphatic heterocycles. The minimum atomic E-state index is 0.906. The molecule has 10 aromatic carbocycles. The lowest BCUT2D eigenvalue weighted by Gasteiger charge is -2.11. The van der Waals surface area contributed by atoms with Crippen LogP contribution in [0.1, 0.15) is 0 Å². The summed E-state index contributed by atoms with van der Waals surface area (Å²) in [5, 5.41) is 6.96. The zero-order valence-electron chi connectivity index (χ0n) is 34.1. The Morgan fingerprint density at radius 2 is 0.651 bits per heavy atom. The zero-order chi connectivity index (χ0) is 41.4. The molecule has 0 bridgehead atoms. The van der Waals surface area contributed by atoms with Crippen LogP contribution in [0.25, 0.3) is 127 Å². The van der Waals surface area contributed by atoms with E-state index in [9.17, 15) is 0 Å². The second kappa shape index (κ2) is 14.1. The lowest BCUT2D eigenvalue weighted by atomic mass is 9.96. The molecular weight excluding hydrogens is 767 g/mol. The Bertz CT molecular complexity index is 3880. The molecule has 0 fully saturated rings. The Hall–Kier alpha value is -8.40. The molecular formula is C60H37NO2. The van der Waals surface area contributed by atoms with Crippen LogP contribution in [0.3, 0.4) is 0 Å². The highest BCUT2D eigenvalue weighted by Gasteiger charge is 2.18. The molecule has 0 aliphatic rings. The number of aromatic nitrogens is 1. The topological polar surface area (TPSA) is 31.2 Å². The first-order valence-electron chi connectivity index (χ1n) is 21.5. The maximum absolute atomic E-state index is 6.43. The minimum absolute atomic E-state index is 0.906. The molecule has 0 saturated carbocycles. The van der Waals surface area contributed by atoms with E-state index in [1.165, 1.54) is 38.6 Å². The summed E-state index contributed by atoms with van der Waals surface area (Å²) in [6.45, 7) is 0. The van der Waals surface area contributed by atoms with Gasteiger partial charge in [-0.1, -0.05) is 170 Å². The van der Waals surface area contributed by atoms with E-state index in [1.807, 2.05) is 24.3 Å². The third kappa shape index (κ3) is 5.75. The average Bonchev–Trinajstić information content (AvgIpc) is 4.04. The van der Waals surface area contributed by atoms with E-state index in [1.54, 1.807) is 0 Å². The van der Waals surface area contributed by atoms with Crippen molar-refractivity contribution in [1.29, 1.82) is 0 Å². The molecule has 294 valence electrons. The Morgan fingerprint density at radius 3 is 1.24 bits per heavy atom. The molecule has 3 heterocycles. The van der Waals surface area contributed by atoms with Gasteiger partial charge in [0.05, 0.1) is 11.0 Å². The lowest BCUT2D eigenvalue weighted by molar-refractivity contribution is 0.669. The second-order valence-corrected chi connectivity index (χ2v) is 16.4. The Balaban J connectivity index is 0.935. The maximum atomic E-state index is 6.43. The van der Waals surface area contributed by atoms with Gasteiger partial charge in [-0.3, -0.25) is 0 Å². The van der Waals surface area contributed by atoms with E-state index in [-0.39, 0.29) is 0 Å². The van der Waals surface area contributed by atoms with Crippen LogP contribution in [0.2, 0.25) is 0 Å². The third-order valence-electron chi connectivity index (χ3n) is 12.8. The first kappa shape index (κ1) is 35.4. The number of benzene rings is 10. The smallest absolute Gasteiger partial charge is 0.143 e. The first-order chi connectivity index (χ1) is 31.2. The van der Waals surface area contributed by atoms with Crippen LogP contribution < -0.4 is 0 Å². The van der Waals surface area contributed by atoms with Crippen molar-refractivity contribution in [3.63, 3.8) is 0 Å². The van der Waals surface area contributed by atoms with Gasteiger partial charge in [-0.2, -0.15) is 0 Å². The summed E-state index contributed by atoms with van der Waals surface area (Å²) in [7, 11) is 0. The fourth-order valence-corrected chi connectivity index (χ4v) is 9.75. The number of rotatable bonds is 6. The molecule has 3 aromatic heterocycles. The molecule has 0 aliphatic carbocycles. The molecule has 0 amide bonds. The van der Waals surface area contributed by atoms with E-state index in [0.717, 1.165) is 88.4 Å². The normalized spacial score (nSPS) is 11.8. The summed E-state index contributed by atoms with van der Waals surface area (Å²) in [6, 6.07) is 80.5. The summed E-state index contributed by atoms with van der Waals surface area (Å²) in [4.78, 5) is 0. The van der Waals surface area contributed by atoms with Crippen LogP contribution in [0.5, 0.6) is 0 Å². The van der Waals surface area contributed by atoms with Crippen LogP contribution >= 0.6 is 0 Å². The van der Waals surface area contributed by atoms with Gasteiger partial charge in [0.15, 0.2) is 0 Å². The molecule has 63 heavy (non-hydrogen) atoms. The minimum Gasteiger partial charge on any atom is -0.455 e. The van der Waals surface area contributed by atoms with Crippen LogP contribution in [0.15, 0.2) is 233 Å². The van der Waals surface area contributed by atoms with Gasteiger partial charge in [-0.15, -0.1) is 0 Å². The van der Waals surface area contributed by atoms with Gasteiger partial charge in [0.25, 0.3) is 0 Å². The fourth-order valence-electron chi connectivity index (χ4n) is 9.75. The van der Waals surface area contributed by atoms with Crippen LogP contribution in [0.4, 0.5) is 0 Å². The van der Waals surface area contributed by atoms with Crippen molar-refractivity contribution in [2.24, 2.45) is 0 Å². The molecule has 13 rings (SSSR count). The third-order valence-corrected chi connectivity index (χ3v) is 12.8. The van der Waals surface area contributed by atoms with Crippen molar-refractivity contribution >= 4 is 65.7 Å². The van der Waals surface area contributed by atoms with Gasteiger partial charge in [0, 0.05) is 49.1 Å². The molecule has 0 radical (unpaired) electrons. The first-order valence-corrected chi connectivity index (χ1v) is 21.5. The molecule has 3 nitrogen and oxygen atoms in total. The standard InChI is InChI=1S/C60H37NO2/c1-2-11-38(12-3-1)42-13-8-14-43(35-42)45-30-34-56-54(37-45)53-36-44(39-23-25-40(26-24-39)47-17-9-19-51-49-15-4-6-21-57(49)62-59(47)51)29-33-55(53)61(56)46-31-27-41(28-32-46)48-18-10-20-52-50-16-5-7-22-58(50)63-60(48)52/h1-37H. The second-order valence-electron chi connectivity index (χ2n) is 16.4. The summed E-state index contributed by atoms with van der Waals surface area (Å²) < 4.78 is 15.2. The molecule has 0 atom stereocenters. The van der Waals surface area contributed by atoms with Crippen molar-refractivity contribution in [1.82, 2.24) is 4.57 Å². The van der Waals surface area contributed by atoms with E-state index in [2.05, 4.69) is 205 Å². The maximum Gasteiger partial charge on any atom is 0.143 e. The molecule has 0 unspecified atom stereocenters. The number of nitrogens with zero attached hydrogens (tertiary/aromatic N) is 1. The Morgan fingerprint density at radius 1 is 0.254 bits per heavy atom. The van der Waals surface area contributed by atoms with Gasteiger partial charge in [-0.25, -0.2) is 0 Å². The van der Waals surface area contributed by atoms with Crippen molar-refractivity contribution in [2.45, 2.75) is 0 Å². The van der Waals surface area contributed by atoms with Crippen molar-refractivity contribution in [3.05, 3.63) is 224 Å². The summed E-state index contributed by atoms with van der Waals surface area (Å²) in [6.07, 6.45) is 0. The van der Waals surface area contributed by atoms with Crippen molar-refractivity contribution in [2.75, 3.05) is 0 Å². The summed E-state index contributed by atoms with van der Waals surface area (Å²) in [5.41, 5.74) is 18.6. The van der Waals surface area contributed by atoms with Crippen molar-refractivity contribution < 1.29 is 8.83 Å². The Labute approximate surface area is 363 Å². The quantitative estimate of drug-likeness (QED) is 0.168. The lowest BCUT2D eigenvalue weighted by Crippen LogP contribution is -1.94. The van der Waals surface area contributed by atoms with E-state index < -0.39 is 0 Å². The van der Waals surface area contributed by atoms with Crippen LogP contribution in [-0.2, 0) is 0 Å². The van der Waals surface area contributed by atoms with E-state index in [4.69, 9.17) is 8.83 Å². The average molecular weight is 804 g/mol. The van der Waals surface area contributed by atoms with E-state index >= 15 is 0 Å². The fraction of sp³-hybridized carbons (Fsp3) is 0. The molecule has 0 saturated heterocycles. The highest BCUT2D eigenvalue weighted by atomic mass is 16.3. The van der Waals surface area contributed by atoms with Gasteiger partial charge in [-0.05, 0) is 99.1 Å². The number of furan rings is 2. The number of fused-ring (bicyclic) bond motifs is 9. The van der Waals surface area contributed by atoms with E-state index in [0.29, 0.717) is 0 Å². The van der Waals surface area contributed by atoms with Gasteiger partial charge >= 0.3 is 0 Å². The summed E-state index contributed by atoms with van der Waals surface area (Å²) >= 11 is 0. The number of para-hydroxylation sites is 4. The van der Waals surface area contributed by atoms with Gasteiger partial charge < -0.3 is 13.4 Å². The van der Waals surface area contributed by atoms with Gasteiger partial charge in [0.1, 0.15) is 22.3 Å². The van der Waals surface area contributed by atoms with Crippen LogP contribution in [0, 0.1) is 0 Å². The largest absolute Gasteiger partial charge is 0.455 e. The Kier molecular flexibility index (Phi) is 7.91. The van der Waals surface area contributed by atoms with Crippen molar-refractivity contribution in [3.8, 4) is 61.3 Å².